The van der Waals surface area contributed by atoms with Crippen LogP contribution in [0.2, 0.25) is 0 Å². The Balaban J connectivity index is 1.15. The fourth-order valence-corrected chi connectivity index (χ4v) is 4.57. The van der Waals surface area contributed by atoms with Gasteiger partial charge in [-0.25, -0.2) is 9.99 Å². The Bertz CT molecular complexity index is 770. The van der Waals surface area contributed by atoms with E-state index in [1.54, 1.807) is 0 Å². The van der Waals surface area contributed by atoms with Crippen LogP contribution in [-0.4, -0.2) is 60.2 Å². The van der Waals surface area contributed by atoms with Crippen LogP contribution >= 0.6 is 0 Å². The molecule has 0 spiro atoms. The van der Waals surface area contributed by atoms with Crippen LogP contribution in [0.4, 0.5) is 5.82 Å². The number of rotatable bonds is 6. The van der Waals surface area contributed by atoms with Crippen molar-refractivity contribution in [2.45, 2.75) is 44.7 Å². The third-order valence-electron chi connectivity index (χ3n) is 6.60. The second-order valence-electron chi connectivity index (χ2n) is 8.74. The Labute approximate surface area is 174 Å². The zero-order valence-electron chi connectivity index (χ0n) is 17.4. The number of benzene rings is 1. The minimum Gasteiger partial charge on any atom is -0.354 e. The molecule has 5 nitrogen and oxygen atoms in total. The first-order valence-electron chi connectivity index (χ1n) is 11.4. The molecule has 0 unspecified atom stereocenters. The molecule has 0 atom stereocenters. The van der Waals surface area contributed by atoms with Gasteiger partial charge in [0.15, 0.2) is 0 Å². The largest absolute Gasteiger partial charge is 0.354 e. The fourth-order valence-electron chi connectivity index (χ4n) is 4.57. The molecule has 3 fully saturated rings. The van der Waals surface area contributed by atoms with Crippen molar-refractivity contribution in [3.8, 4) is 11.1 Å². The van der Waals surface area contributed by atoms with Gasteiger partial charge in [0.1, 0.15) is 5.82 Å². The van der Waals surface area contributed by atoms with E-state index in [4.69, 9.17) is 4.98 Å². The molecule has 0 bridgehead atoms. The van der Waals surface area contributed by atoms with Crippen LogP contribution < -0.4 is 10.3 Å². The van der Waals surface area contributed by atoms with Crippen LogP contribution in [0.5, 0.6) is 0 Å². The predicted molar refractivity (Wildman–Crippen MR) is 119 cm³/mol. The zero-order chi connectivity index (χ0) is 19.5. The van der Waals surface area contributed by atoms with E-state index in [0.717, 1.165) is 31.5 Å². The number of hydrazine groups is 1. The lowest BCUT2D eigenvalue weighted by atomic mass is 10.1. The lowest BCUT2D eigenvalue weighted by Crippen LogP contribution is -2.47. The number of aromatic nitrogens is 1. The van der Waals surface area contributed by atoms with E-state index in [2.05, 4.69) is 56.6 Å². The first-order valence-corrected chi connectivity index (χ1v) is 11.4. The third kappa shape index (κ3) is 4.80. The van der Waals surface area contributed by atoms with Gasteiger partial charge in [0, 0.05) is 63.6 Å². The van der Waals surface area contributed by atoms with E-state index >= 15 is 0 Å². The van der Waals surface area contributed by atoms with E-state index < -0.39 is 0 Å². The van der Waals surface area contributed by atoms with Crippen molar-refractivity contribution in [2.24, 2.45) is 0 Å². The van der Waals surface area contributed by atoms with Crippen molar-refractivity contribution >= 4 is 5.82 Å². The van der Waals surface area contributed by atoms with E-state index in [0.29, 0.717) is 0 Å². The topological polar surface area (TPSA) is 34.6 Å². The van der Waals surface area contributed by atoms with Gasteiger partial charge in [-0.15, -0.1) is 0 Å². The molecule has 3 aliphatic rings. The highest BCUT2D eigenvalue weighted by molar-refractivity contribution is 5.64. The molecule has 1 aliphatic carbocycles. The molecule has 0 amide bonds. The Morgan fingerprint density at radius 2 is 1.52 bits per heavy atom. The summed E-state index contributed by atoms with van der Waals surface area (Å²) in [5.74, 6) is 1.12. The third-order valence-corrected chi connectivity index (χ3v) is 6.60. The summed E-state index contributed by atoms with van der Waals surface area (Å²) in [7, 11) is 0. The number of hydrogen-bond donors (Lipinski definition) is 1. The molecular formula is C24H33N5. The zero-order valence-corrected chi connectivity index (χ0v) is 17.4. The van der Waals surface area contributed by atoms with Gasteiger partial charge in [-0.3, -0.25) is 10.3 Å². The molecule has 154 valence electrons. The summed E-state index contributed by atoms with van der Waals surface area (Å²) in [6.07, 6.45) is 8.83. The van der Waals surface area contributed by atoms with Gasteiger partial charge < -0.3 is 4.90 Å². The number of nitrogens with zero attached hydrogens (tertiary/aromatic N) is 4. The minimum atomic E-state index is 0.880. The van der Waals surface area contributed by atoms with Gasteiger partial charge in [0.05, 0.1) is 0 Å². The lowest BCUT2D eigenvalue weighted by molar-refractivity contribution is 0.151. The quantitative estimate of drug-likeness (QED) is 0.815. The van der Waals surface area contributed by atoms with Gasteiger partial charge in [0.25, 0.3) is 0 Å². The van der Waals surface area contributed by atoms with Crippen molar-refractivity contribution in [3.63, 3.8) is 0 Å². The molecule has 1 saturated carbocycles. The van der Waals surface area contributed by atoms with Crippen molar-refractivity contribution in [3.05, 3.63) is 48.2 Å². The second kappa shape index (κ2) is 8.82. The number of anilines is 1. The average Bonchev–Trinajstić information content (AvgIpc) is 3.65. The van der Waals surface area contributed by atoms with Crippen LogP contribution in [0.1, 0.15) is 37.7 Å². The highest BCUT2D eigenvalue weighted by Gasteiger charge is 2.31. The van der Waals surface area contributed by atoms with Crippen LogP contribution in [0, 0.1) is 0 Å². The highest BCUT2D eigenvalue weighted by Crippen LogP contribution is 2.28. The van der Waals surface area contributed by atoms with Crippen LogP contribution in [-0.2, 0) is 6.54 Å². The molecule has 2 aromatic rings. The Kier molecular flexibility index (Phi) is 5.79. The molecule has 1 N–H and O–H groups in total. The SMILES string of the molecule is c1cc(-c2ccc(N3CCN(C4CC4)CC3)nc2)ccc1CNN1CCCCC1. The number of hydrogen-bond acceptors (Lipinski definition) is 5. The Morgan fingerprint density at radius 1 is 0.793 bits per heavy atom. The summed E-state index contributed by atoms with van der Waals surface area (Å²) in [5.41, 5.74) is 7.33. The van der Waals surface area contributed by atoms with E-state index in [-0.39, 0.29) is 0 Å². The molecule has 2 aliphatic heterocycles. The van der Waals surface area contributed by atoms with Crippen LogP contribution in [0.3, 0.4) is 0 Å². The summed E-state index contributed by atoms with van der Waals surface area (Å²) < 4.78 is 0. The summed E-state index contributed by atoms with van der Waals surface area (Å²) >= 11 is 0. The van der Waals surface area contributed by atoms with Gasteiger partial charge in [-0.05, 0) is 48.9 Å². The molecule has 1 aromatic heterocycles. The average molecular weight is 392 g/mol. The summed E-state index contributed by atoms with van der Waals surface area (Å²) in [4.78, 5) is 9.85. The molecule has 0 radical (unpaired) electrons. The van der Waals surface area contributed by atoms with E-state index in [1.165, 1.54) is 75.0 Å². The standard InChI is InChI=1S/C24H33N5/c1-2-12-29(13-3-1)26-18-20-4-6-21(7-5-20)22-8-11-24(25-19-22)28-16-14-27(15-17-28)23-9-10-23/h4-8,11,19,23,26H,1-3,9-10,12-18H2. The van der Waals surface area contributed by atoms with Crippen molar-refractivity contribution in [1.29, 1.82) is 0 Å². The second-order valence-corrected chi connectivity index (χ2v) is 8.74. The number of piperazine rings is 1. The van der Waals surface area contributed by atoms with Gasteiger partial charge in [-0.2, -0.15) is 0 Å². The Hall–Kier alpha value is -1.95. The van der Waals surface area contributed by atoms with Crippen molar-refractivity contribution in [1.82, 2.24) is 20.3 Å². The van der Waals surface area contributed by atoms with Crippen molar-refractivity contribution in [2.75, 3.05) is 44.2 Å². The van der Waals surface area contributed by atoms with Gasteiger partial charge in [-0.1, -0.05) is 30.7 Å². The lowest BCUT2D eigenvalue weighted by Gasteiger charge is -2.35. The molecule has 29 heavy (non-hydrogen) atoms. The maximum Gasteiger partial charge on any atom is 0.128 e. The molecule has 5 heteroatoms. The van der Waals surface area contributed by atoms with Gasteiger partial charge in [0.2, 0.25) is 0 Å². The van der Waals surface area contributed by atoms with E-state index in [9.17, 15) is 0 Å². The number of pyridine rings is 1. The predicted octanol–water partition coefficient (Wildman–Crippen LogP) is 3.52. The normalized spacial score (nSPS) is 21.4. The molecule has 3 heterocycles. The van der Waals surface area contributed by atoms with E-state index in [1.807, 2.05) is 6.20 Å². The first-order chi connectivity index (χ1) is 14.3. The van der Waals surface area contributed by atoms with Crippen LogP contribution in [0.25, 0.3) is 11.1 Å². The molecule has 5 rings (SSSR count). The Morgan fingerprint density at radius 3 is 2.17 bits per heavy atom. The molecule has 1 aromatic carbocycles. The minimum absolute atomic E-state index is 0.880. The number of piperidine rings is 1. The van der Waals surface area contributed by atoms with Crippen molar-refractivity contribution < 1.29 is 0 Å². The summed E-state index contributed by atoms with van der Waals surface area (Å²) in [5, 5.41) is 2.37. The summed E-state index contributed by atoms with van der Waals surface area (Å²) in [6, 6.07) is 14.2. The fraction of sp³-hybridized carbons (Fsp3) is 0.542. The van der Waals surface area contributed by atoms with Crippen LogP contribution in [0.15, 0.2) is 42.6 Å². The first kappa shape index (κ1) is 19.0. The number of nitrogens with one attached hydrogen (secondary N) is 1. The highest BCUT2D eigenvalue weighted by atomic mass is 15.5. The summed E-state index contributed by atoms with van der Waals surface area (Å²) in [6.45, 7) is 7.81. The maximum absolute atomic E-state index is 4.77. The monoisotopic (exact) mass is 391 g/mol. The van der Waals surface area contributed by atoms with Gasteiger partial charge >= 0.3 is 0 Å². The smallest absolute Gasteiger partial charge is 0.128 e. The molecular weight excluding hydrogens is 358 g/mol. The maximum atomic E-state index is 4.77. The molecule has 2 saturated heterocycles.